The van der Waals surface area contributed by atoms with E-state index in [4.69, 9.17) is 14.2 Å². The van der Waals surface area contributed by atoms with Gasteiger partial charge in [0.1, 0.15) is 6.61 Å². The molecule has 0 aromatic heterocycles. The second-order valence-electron chi connectivity index (χ2n) is 17.4. The van der Waals surface area contributed by atoms with Crippen LogP contribution in [0.5, 0.6) is 0 Å². The molecule has 0 aromatic carbocycles. The summed E-state index contributed by atoms with van der Waals surface area (Å²) in [5.74, 6) is -0.469. The summed E-state index contributed by atoms with van der Waals surface area (Å²) in [7, 11) is 0. The molecular weight excluding hydrogens is 765 g/mol. The van der Waals surface area contributed by atoms with E-state index in [1.54, 1.807) is 0 Å². The van der Waals surface area contributed by atoms with Gasteiger partial charge < -0.3 is 14.2 Å². The summed E-state index contributed by atoms with van der Waals surface area (Å²) < 4.78 is 17.4. The molecule has 0 N–H and O–H groups in total. The number of esters is 2. The summed E-state index contributed by atoms with van der Waals surface area (Å²) in [6.45, 7) is 7.66. The molecule has 0 saturated carbocycles. The van der Waals surface area contributed by atoms with E-state index in [1.807, 2.05) is 0 Å². The second-order valence-corrected chi connectivity index (χ2v) is 17.4. The first kappa shape index (κ1) is 59.3. The standard InChI is InChI=1S/C57H100O5/c1-4-7-10-13-16-19-22-25-27-29-30-33-35-38-41-44-47-50-56(58)61-54-55(62-57(59)51-48-45-42-39-36-32-24-21-18-15-12-9-6-3)53-60-52-49-46-43-40-37-34-31-28-26-23-20-17-14-11-8-5-2/h7,10,16,19,21,24-25,27,30,33,38,41,55H,4-6,8-9,11-15,17-18,20,22-23,26,28-29,31-32,34-37,39-40,42-54H2,1-3H3/b10-7-,19-16-,24-21-,27-25-,33-30-,41-38-/t55-/m1/s1. The third kappa shape index (κ3) is 50.0. The average Bonchev–Trinajstić information content (AvgIpc) is 3.27. The molecule has 0 bridgehead atoms. The number of unbranched alkanes of at least 4 members (excludes halogenated alkanes) is 25. The SMILES string of the molecule is CC/C=C\C/C=C\C/C=C\C/C=C\C/C=C\CCCC(=O)OC[C@@H](COCCCCCCCCCCCCCCCCCC)OC(=O)CCCCCCC/C=C\CCCCCC. The molecule has 0 radical (unpaired) electrons. The van der Waals surface area contributed by atoms with Gasteiger partial charge >= 0.3 is 11.9 Å². The van der Waals surface area contributed by atoms with E-state index in [0.717, 1.165) is 83.5 Å². The molecule has 0 amide bonds. The maximum atomic E-state index is 12.8. The molecule has 358 valence electrons. The number of carbonyl (C=O) groups excluding carboxylic acids is 2. The lowest BCUT2D eigenvalue weighted by Gasteiger charge is -2.18. The van der Waals surface area contributed by atoms with Gasteiger partial charge in [-0.2, -0.15) is 0 Å². The lowest BCUT2D eigenvalue weighted by Crippen LogP contribution is -2.30. The zero-order valence-electron chi connectivity index (χ0n) is 41.1. The Morgan fingerprint density at radius 3 is 1.24 bits per heavy atom. The molecule has 0 fully saturated rings. The van der Waals surface area contributed by atoms with Crippen LogP contribution in [0.3, 0.4) is 0 Å². The van der Waals surface area contributed by atoms with E-state index in [0.29, 0.717) is 19.4 Å². The highest BCUT2D eigenvalue weighted by atomic mass is 16.6. The second kappa shape index (κ2) is 52.7. The fourth-order valence-electron chi connectivity index (χ4n) is 7.31. The minimum absolute atomic E-state index is 0.0529. The highest BCUT2D eigenvalue weighted by Crippen LogP contribution is 2.15. The molecule has 0 unspecified atom stereocenters. The van der Waals surface area contributed by atoms with E-state index < -0.39 is 6.10 Å². The van der Waals surface area contributed by atoms with Gasteiger partial charge in [0, 0.05) is 19.4 Å². The van der Waals surface area contributed by atoms with Gasteiger partial charge in [0.25, 0.3) is 0 Å². The maximum absolute atomic E-state index is 12.8. The largest absolute Gasteiger partial charge is 0.462 e. The van der Waals surface area contributed by atoms with Gasteiger partial charge in [0.15, 0.2) is 6.10 Å². The van der Waals surface area contributed by atoms with Crippen molar-refractivity contribution in [3.63, 3.8) is 0 Å². The summed E-state index contributed by atoms with van der Waals surface area (Å²) >= 11 is 0. The molecular formula is C57H100O5. The highest BCUT2D eigenvalue weighted by Gasteiger charge is 2.17. The maximum Gasteiger partial charge on any atom is 0.306 e. The Balaban J connectivity index is 4.35. The summed E-state index contributed by atoms with van der Waals surface area (Å²) in [6, 6.07) is 0. The summed E-state index contributed by atoms with van der Waals surface area (Å²) in [6.07, 6.45) is 67.7. The Morgan fingerprint density at radius 1 is 0.371 bits per heavy atom. The predicted octanol–water partition coefficient (Wildman–Crippen LogP) is 17.9. The van der Waals surface area contributed by atoms with Crippen LogP contribution in [-0.2, 0) is 23.8 Å². The van der Waals surface area contributed by atoms with Crippen LogP contribution in [0.2, 0.25) is 0 Å². The van der Waals surface area contributed by atoms with Gasteiger partial charge in [0.2, 0.25) is 0 Å². The Kier molecular flexibility index (Phi) is 50.4. The van der Waals surface area contributed by atoms with Crippen molar-refractivity contribution >= 4 is 11.9 Å². The lowest BCUT2D eigenvalue weighted by molar-refractivity contribution is -0.163. The zero-order chi connectivity index (χ0) is 44.9. The van der Waals surface area contributed by atoms with E-state index in [9.17, 15) is 9.59 Å². The molecule has 0 aliphatic heterocycles. The lowest BCUT2D eigenvalue weighted by atomic mass is 10.0. The van der Waals surface area contributed by atoms with E-state index >= 15 is 0 Å². The van der Waals surface area contributed by atoms with Crippen LogP contribution in [0.15, 0.2) is 72.9 Å². The van der Waals surface area contributed by atoms with Crippen LogP contribution in [0, 0.1) is 0 Å². The Labute approximate surface area is 385 Å². The molecule has 5 heteroatoms. The average molecular weight is 865 g/mol. The summed E-state index contributed by atoms with van der Waals surface area (Å²) in [5, 5.41) is 0. The van der Waals surface area contributed by atoms with Crippen molar-refractivity contribution < 1.29 is 23.8 Å². The van der Waals surface area contributed by atoms with Gasteiger partial charge in [-0.3, -0.25) is 9.59 Å². The van der Waals surface area contributed by atoms with Gasteiger partial charge in [-0.15, -0.1) is 0 Å². The molecule has 0 heterocycles. The number of allylic oxidation sites excluding steroid dienone is 12. The van der Waals surface area contributed by atoms with Crippen LogP contribution in [0.1, 0.15) is 252 Å². The number of carbonyl (C=O) groups is 2. The van der Waals surface area contributed by atoms with Crippen molar-refractivity contribution in [3.8, 4) is 0 Å². The first-order valence-electron chi connectivity index (χ1n) is 26.5. The number of ether oxygens (including phenoxy) is 3. The Bertz CT molecular complexity index is 1110. The topological polar surface area (TPSA) is 61.8 Å². The molecule has 0 aliphatic rings. The van der Waals surface area contributed by atoms with E-state index in [1.165, 1.54) is 135 Å². The highest BCUT2D eigenvalue weighted by molar-refractivity contribution is 5.70. The molecule has 0 rings (SSSR count). The Hall–Kier alpha value is -2.66. The fraction of sp³-hybridized carbons (Fsp3) is 0.754. The molecule has 0 aromatic rings. The van der Waals surface area contributed by atoms with Crippen molar-refractivity contribution in [2.45, 2.75) is 258 Å². The number of hydrogen-bond donors (Lipinski definition) is 0. The molecule has 1 atom stereocenters. The summed E-state index contributed by atoms with van der Waals surface area (Å²) in [4.78, 5) is 25.4. The third-order valence-corrected chi connectivity index (χ3v) is 11.2. The fourth-order valence-corrected chi connectivity index (χ4v) is 7.31. The van der Waals surface area contributed by atoms with Crippen LogP contribution in [0.25, 0.3) is 0 Å². The zero-order valence-corrected chi connectivity index (χ0v) is 41.1. The minimum Gasteiger partial charge on any atom is -0.462 e. The smallest absolute Gasteiger partial charge is 0.306 e. The number of rotatable bonds is 48. The van der Waals surface area contributed by atoms with Crippen LogP contribution in [-0.4, -0.2) is 37.9 Å². The predicted molar refractivity (Wildman–Crippen MR) is 270 cm³/mol. The number of hydrogen-bond acceptors (Lipinski definition) is 5. The van der Waals surface area contributed by atoms with E-state index in [2.05, 4.69) is 93.7 Å². The van der Waals surface area contributed by atoms with Crippen molar-refractivity contribution in [1.82, 2.24) is 0 Å². The van der Waals surface area contributed by atoms with Crippen molar-refractivity contribution in [2.24, 2.45) is 0 Å². The van der Waals surface area contributed by atoms with Gasteiger partial charge in [-0.25, -0.2) is 0 Å². The first-order chi connectivity index (χ1) is 30.6. The van der Waals surface area contributed by atoms with E-state index in [-0.39, 0.29) is 25.2 Å². The molecule has 62 heavy (non-hydrogen) atoms. The van der Waals surface area contributed by atoms with Crippen molar-refractivity contribution in [3.05, 3.63) is 72.9 Å². The normalized spacial score (nSPS) is 12.8. The summed E-state index contributed by atoms with van der Waals surface area (Å²) in [5.41, 5.74) is 0. The van der Waals surface area contributed by atoms with Crippen LogP contribution < -0.4 is 0 Å². The molecule has 5 nitrogen and oxygen atoms in total. The van der Waals surface area contributed by atoms with Crippen molar-refractivity contribution in [1.29, 1.82) is 0 Å². The third-order valence-electron chi connectivity index (χ3n) is 11.2. The van der Waals surface area contributed by atoms with Gasteiger partial charge in [-0.05, 0) is 83.5 Å². The Morgan fingerprint density at radius 2 is 0.742 bits per heavy atom. The first-order valence-corrected chi connectivity index (χ1v) is 26.5. The quantitative estimate of drug-likeness (QED) is 0.0346. The van der Waals surface area contributed by atoms with Crippen molar-refractivity contribution in [2.75, 3.05) is 19.8 Å². The monoisotopic (exact) mass is 865 g/mol. The van der Waals surface area contributed by atoms with Crippen LogP contribution in [0.4, 0.5) is 0 Å². The molecule has 0 aliphatic carbocycles. The molecule has 0 saturated heterocycles. The van der Waals surface area contributed by atoms with Crippen LogP contribution >= 0.6 is 0 Å². The molecule has 0 spiro atoms. The van der Waals surface area contributed by atoms with Gasteiger partial charge in [-0.1, -0.05) is 229 Å². The minimum atomic E-state index is -0.563. The van der Waals surface area contributed by atoms with Gasteiger partial charge in [0.05, 0.1) is 6.61 Å².